The van der Waals surface area contributed by atoms with Crippen molar-refractivity contribution in [2.45, 2.75) is 19.4 Å². The summed E-state index contributed by atoms with van der Waals surface area (Å²) in [5.41, 5.74) is 1.14. The number of benzene rings is 1. The molecule has 0 amide bonds. The van der Waals surface area contributed by atoms with Crippen molar-refractivity contribution < 1.29 is 19.4 Å². The summed E-state index contributed by atoms with van der Waals surface area (Å²) in [4.78, 5) is 10.7. The van der Waals surface area contributed by atoms with Crippen molar-refractivity contribution in [2.75, 3.05) is 6.61 Å². The molecule has 1 heterocycles. The lowest BCUT2D eigenvalue weighted by Crippen LogP contribution is -2.36. The predicted molar refractivity (Wildman–Crippen MR) is 53.4 cm³/mol. The molecule has 0 saturated heterocycles. The van der Waals surface area contributed by atoms with Crippen LogP contribution in [0.1, 0.15) is 12.5 Å². The molecule has 1 N–H and O–H groups in total. The lowest BCUT2D eigenvalue weighted by Gasteiger charge is -2.24. The van der Waals surface area contributed by atoms with E-state index in [0.29, 0.717) is 11.5 Å². The van der Waals surface area contributed by atoms with E-state index in [0.717, 1.165) is 12.0 Å². The molecule has 0 spiro atoms. The van der Waals surface area contributed by atoms with Crippen molar-refractivity contribution in [3.8, 4) is 11.5 Å². The van der Waals surface area contributed by atoms with Gasteiger partial charge in [-0.15, -0.1) is 0 Å². The maximum Gasteiger partial charge on any atom is 0.348 e. The zero-order chi connectivity index (χ0) is 10.8. The predicted octanol–water partition coefficient (Wildman–Crippen LogP) is 1.47. The molecule has 0 aromatic heterocycles. The molecule has 15 heavy (non-hydrogen) atoms. The van der Waals surface area contributed by atoms with E-state index in [1.807, 2.05) is 19.1 Å². The molecule has 1 aromatic rings. The largest absolute Gasteiger partial charge is 0.485 e. The Hall–Kier alpha value is -1.71. The highest BCUT2D eigenvalue weighted by molar-refractivity contribution is 5.73. The first-order valence-corrected chi connectivity index (χ1v) is 4.86. The van der Waals surface area contributed by atoms with Gasteiger partial charge in [-0.3, -0.25) is 0 Å². The van der Waals surface area contributed by atoms with Crippen molar-refractivity contribution in [1.29, 1.82) is 0 Å². The number of hydrogen-bond acceptors (Lipinski definition) is 3. The fourth-order valence-electron chi connectivity index (χ4n) is 1.46. The van der Waals surface area contributed by atoms with Crippen LogP contribution < -0.4 is 9.47 Å². The van der Waals surface area contributed by atoms with Crippen LogP contribution in [0.4, 0.5) is 0 Å². The van der Waals surface area contributed by atoms with Crippen molar-refractivity contribution in [2.24, 2.45) is 0 Å². The molecule has 4 nitrogen and oxygen atoms in total. The van der Waals surface area contributed by atoms with Crippen LogP contribution >= 0.6 is 0 Å². The Morgan fingerprint density at radius 1 is 1.53 bits per heavy atom. The summed E-state index contributed by atoms with van der Waals surface area (Å²) in [5, 5.41) is 8.76. The molecule has 1 aliphatic heterocycles. The van der Waals surface area contributed by atoms with Crippen LogP contribution in [0.2, 0.25) is 0 Å². The number of aryl methyl sites for hydroxylation is 1. The molecular weight excluding hydrogens is 196 g/mol. The van der Waals surface area contributed by atoms with Crippen molar-refractivity contribution >= 4 is 5.97 Å². The average molecular weight is 208 g/mol. The van der Waals surface area contributed by atoms with Gasteiger partial charge in [0.1, 0.15) is 6.61 Å². The zero-order valence-corrected chi connectivity index (χ0v) is 8.40. The highest BCUT2D eigenvalue weighted by Crippen LogP contribution is 2.32. The molecule has 0 saturated carbocycles. The normalized spacial score (nSPS) is 18.6. The summed E-state index contributed by atoms with van der Waals surface area (Å²) >= 11 is 0. The van der Waals surface area contributed by atoms with Crippen molar-refractivity contribution in [3.05, 3.63) is 23.8 Å². The Kier molecular flexibility index (Phi) is 2.49. The smallest absolute Gasteiger partial charge is 0.348 e. The standard InChI is InChI=1S/C11H12O4/c1-2-7-3-4-8-9(5-7)14-6-10(15-8)11(12)13/h3-5,10H,2,6H2,1H3,(H,12,13). The molecule has 1 unspecified atom stereocenters. The molecule has 1 aliphatic rings. The number of fused-ring (bicyclic) bond motifs is 1. The van der Waals surface area contributed by atoms with Gasteiger partial charge in [-0.25, -0.2) is 4.79 Å². The molecule has 0 fully saturated rings. The topological polar surface area (TPSA) is 55.8 Å². The van der Waals surface area contributed by atoms with Gasteiger partial charge < -0.3 is 14.6 Å². The maximum absolute atomic E-state index is 10.7. The number of carboxylic acid groups (broad SMARTS) is 1. The van der Waals surface area contributed by atoms with Crippen LogP contribution in [-0.4, -0.2) is 23.8 Å². The van der Waals surface area contributed by atoms with E-state index >= 15 is 0 Å². The summed E-state index contributed by atoms with van der Waals surface area (Å²) in [6.07, 6.45) is 0.0175. The zero-order valence-electron chi connectivity index (χ0n) is 8.40. The highest BCUT2D eigenvalue weighted by Gasteiger charge is 2.26. The van der Waals surface area contributed by atoms with Crippen LogP contribution in [0.15, 0.2) is 18.2 Å². The number of ether oxygens (including phenoxy) is 2. The Morgan fingerprint density at radius 3 is 3.00 bits per heavy atom. The highest BCUT2D eigenvalue weighted by atomic mass is 16.6. The van der Waals surface area contributed by atoms with Gasteiger partial charge in [-0.2, -0.15) is 0 Å². The summed E-state index contributed by atoms with van der Waals surface area (Å²) in [6, 6.07) is 5.54. The monoisotopic (exact) mass is 208 g/mol. The number of rotatable bonds is 2. The minimum absolute atomic E-state index is 0.0650. The van der Waals surface area contributed by atoms with Crippen LogP contribution in [-0.2, 0) is 11.2 Å². The summed E-state index contributed by atoms with van der Waals surface area (Å²) in [6.45, 7) is 2.11. The minimum atomic E-state index is -1.000. The van der Waals surface area contributed by atoms with E-state index in [2.05, 4.69) is 0 Å². The molecule has 1 aromatic carbocycles. The van der Waals surface area contributed by atoms with E-state index < -0.39 is 12.1 Å². The molecular formula is C11H12O4. The van der Waals surface area contributed by atoms with E-state index in [9.17, 15) is 4.79 Å². The number of hydrogen-bond donors (Lipinski definition) is 1. The Labute approximate surface area is 87.4 Å². The second kappa shape index (κ2) is 3.81. The molecule has 0 radical (unpaired) electrons. The molecule has 0 bridgehead atoms. The maximum atomic E-state index is 10.7. The number of carboxylic acids is 1. The lowest BCUT2D eigenvalue weighted by atomic mass is 10.1. The van der Waals surface area contributed by atoms with Gasteiger partial charge in [0, 0.05) is 0 Å². The summed E-state index contributed by atoms with van der Waals surface area (Å²) in [5.74, 6) is 0.137. The van der Waals surface area contributed by atoms with Gasteiger partial charge in [0.05, 0.1) is 0 Å². The van der Waals surface area contributed by atoms with Crippen LogP contribution in [0, 0.1) is 0 Å². The number of carbonyl (C=O) groups is 1. The fourth-order valence-corrected chi connectivity index (χ4v) is 1.46. The second-order valence-electron chi connectivity index (χ2n) is 3.39. The third kappa shape index (κ3) is 1.88. The van der Waals surface area contributed by atoms with Crippen LogP contribution in [0.5, 0.6) is 11.5 Å². The van der Waals surface area contributed by atoms with Crippen molar-refractivity contribution in [1.82, 2.24) is 0 Å². The van der Waals surface area contributed by atoms with E-state index in [-0.39, 0.29) is 6.61 Å². The van der Waals surface area contributed by atoms with E-state index in [1.54, 1.807) is 6.07 Å². The summed E-state index contributed by atoms with van der Waals surface area (Å²) < 4.78 is 10.6. The molecule has 80 valence electrons. The van der Waals surface area contributed by atoms with Crippen LogP contribution in [0.3, 0.4) is 0 Å². The Morgan fingerprint density at radius 2 is 2.33 bits per heavy atom. The van der Waals surface area contributed by atoms with Gasteiger partial charge in [-0.1, -0.05) is 13.0 Å². The lowest BCUT2D eigenvalue weighted by molar-refractivity contribution is -0.147. The third-order valence-electron chi connectivity index (χ3n) is 2.35. The first-order chi connectivity index (χ1) is 7.20. The molecule has 1 atom stereocenters. The fraction of sp³-hybridized carbons (Fsp3) is 0.364. The number of aliphatic carboxylic acids is 1. The SMILES string of the molecule is CCc1ccc2c(c1)OCC(C(=O)O)O2. The first-order valence-electron chi connectivity index (χ1n) is 4.86. The third-order valence-corrected chi connectivity index (χ3v) is 2.35. The Balaban J connectivity index is 2.24. The van der Waals surface area contributed by atoms with E-state index in [4.69, 9.17) is 14.6 Å². The minimum Gasteiger partial charge on any atom is -0.485 e. The molecule has 0 aliphatic carbocycles. The van der Waals surface area contributed by atoms with Gasteiger partial charge in [0.25, 0.3) is 0 Å². The molecule has 2 rings (SSSR count). The molecule has 4 heteroatoms. The Bertz CT molecular complexity index is 386. The van der Waals surface area contributed by atoms with Gasteiger partial charge >= 0.3 is 5.97 Å². The second-order valence-corrected chi connectivity index (χ2v) is 3.39. The summed E-state index contributed by atoms with van der Waals surface area (Å²) in [7, 11) is 0. The average Bonchev–Trinajstić information content (AvgIpc) is 2.27. The van der Waals surface area contributed by atoms with Crippen molar-refractivity contribution in [3.63, 3.8) is 0 Å². The van der Waals surface area contributed by atoms with Gasteiger partial charge in [-0.05, 0) is 24.1 Å². The first kappa shape index (κ1) is 9.83. The van der Waals surface area contributed by atoms with Crippen LogP contribution in [0.25, 0.3) is 0 Å². The van der Waals surface area contributed by atoms with Gasteiger partial charge in [0.2, 0.25) is 6.10 Å². The van der Waals surface area contributed by atoms with E-state index in [1.165, 1.54) is 0 Å². The van der Waals surface area contributed by atoms with Gasteiger partial charge in [0.15, 0.2) is 11.5 Å². The quantitative estimate of drug-likeness (QED) is 0.799.